The molecule has 0 radical (unpaired) electrons. The van der Waals surface area contributed by atoms with Crippen LogP contribution in [0, 0.1) is 22.5 Å². The second-order valence-corrected chi connectivity index (χ2v) is 10.6. The predicted molar refractivity (Wildman–Crippen MR) is 145 cm³/mol. The normalized spacial score (nSPS) is 19.5. The van der Waals surface area contributed by atoms with Crippen LogP contribution in [0.25, 0.3) is 0 Å². The number of piperidine rings is 1. The molecule has 4 rings (SSSR count). The third-order valence-corrected chi connectivity index (χ3v) is 7.71. The Morgan fingerprint density at radius 2 is 2.05 bits per heavy atom. The number of benzene rings is 1. The molecule has 2 saturated heterocycles. The molecule has 2 unspecified atom stereocenters. The molecule has 2 amide bonds. The predicted octanol–water partition coefficient (Wildman–Crippen LogP) is 3.02. The minimum atomic E-state index is -0.966. The van der Waals surface area contributed by atoms with Crippen LogP contribution < -0.4 is 10.7 Å². The first-order valence-corrected chi connectivity index (χ1v) is 13.6. The highest BCUT2D eigenvalue weighted by Gasteiger charge is 2.62. The molecule has 2 atom stereocenters. The van der Waals surface area contributed by atoms with Gasteiger partial charge in [-0.2, -0.15) is 0 Å². The highest BCUT2D eigenvalue weighted by molar-refractivity contribution is 8.26. The number of halogens is 2. The van der Waals surface area contributed by atoms with Crippen molar-refractivity contribution in [2.75, 3.05) is 26.2 Å². The number of aromatic amines is 1. The number of aromatic hydroxyl groups is 1. The summed E-state index contributed by atoms with van der Waals surface area (Å²) in [6.45, 7) is 4.90. The van der Waals surface area contributed by atoms with E-state index in [-0.39, 0.29) is 46.0 Å². The molecule has 0 aliphatic carbocycles. The number of carbonyl (C=O) groups excluding carboxylic acids is 2. The molecule has 40 heavy (non-hydrogen) atoms. The average molecular weight is 577 g/mol. The SMILES string of the molecule is CCCN(C(=O)c1[nH]cc(C(=N)SC(=N)Cc2ccc(F)cc2F)c(=O)c1O)C12CCN(C(=O)OCC)CC1N2. The van der Waals surface area contributed by atoms with Crippen LogP contribution in [0.15, 0.2) is 29.2 Å². The van der Waals surface area contributed by atoms with E-state index in [0.29, 0.717) is 50.3 Å². The maximum atomic E-state index is 13.9. The number of aromatic nitrogens is 1. The van der Waals surface area contributed by atoms with Gasteiger partial charge in [0.2, 0.25) is 5.43 Å². The Hall–Kier alpha value is -3.78. The van der Waals surface area contributed by atoms with Gasteiger partial charge in [0.25, 0.3) is 5.91 Å². The summed E-state index contributed by atoms with van der Waals surface area (Å²) in [5.74, 6) is -3.05. The van der Waals surface area contributed by atoms with Gasteiger partial charge in [0.05, 0.1) is 23.3 Å². The Kier molecular flexibility index (Phi) is 8.59. The number of nitrogens with zero attached hydrogens (tertiary/aromatic N) is 2. The molecule has 1 aromatic heterocycles. The molecule has 2 aromatic rings. The zero-order valence-electron chi connectivity index (χ0n) is 22.0. The van der Waals surface area contributed by atoms with Crippen molar-refractivity contribution in [1.82, 2.24) is 20.1 Å². The van der Waals surface area contributed by atoms with Crippen LogP contribution in [-0.2, 0) is 11.2 Å². The van der Waals surface area contributed by atoms with Gasteiger partial charge >= 0.3 is 6.09 Å². The number of rotatable bonds is 8. The number of H-pyrrole nitrogens is 1. The van der Waals surface area contributed by atoms with Gasteiger partial charge in [-0.1, -0.05) is 24.8 Å². The van der Waals surface area contributed by atoms with Crippen molar-refractivity contribution < 1.29 is 28.2 Å². The number of ether oxygens (including phenoxy) is 1. The standard InChI is InChI=1S/C26H30F2N6O5S/c1-3-8-34(26-7-9-33(13-18(26)32-26)25(38)39-4-2)24(37)20-22(36)21(35)16(12-31-20)23(30)40-19(29)10-14-5-6-15(27)11-17(14)28/h5-6,11-12,18,29-30,32,36H,3-4,7-10,13H2,1-2H3,(H,31,35). The maximum Gasteiger partial charge on any atom is 0.409 e. The van der Waals surface area contributed by atoms with E-state index in [1.807, 2.05) is 6.92 Å². The van der Waals surface area contributed by atoms with E-state index in [1.54, 1.807) is 16.7 Å². The van der Waals surface area contributed by atoms with Gasteiger partial charge in [0.1, 0.15) is 22.3 Å². The van der Waals surface area contributed by atoms with E-state index in [4.69, 9.17) is 15.6 Å². The summed E-state index contributed by atoms with van der Waals surface area (Å²) in [6, 6.07) is 2.76. The lowest BCUT2D eigenvalue weighted by atomic mass is 10.0. The molecule has 214 valence electrons. The van der Waals surface area contributed by atoms with Crippen molar-refractivity contribution in [3.63, 3.8) is 0 Å². The summed E-state index contributed by atoms with van der Waals surface area (Å²) in [7, 11) is 0. The molecule has 1 aromatic carbocycles. The average Bonchev–Trinajstić information content (AvgIpc) is 3.64. The number of pyridine rings is 1. The Labute approximate surface area is 232 Å². The number of thioether (sulfide) groups is 1. The highest BCUT2D eigenvalue weighted by Crippen LogP contribution is 2.40. The summed E-state index contributed by atoms with van der Waals surface area (Å²) >= 11 is 0.574. The number of carbonyl (C=O) groups is 2. The minimum Gasteiger partial charge on any atom is -0.503 e. The molecule has 3 heterocycles. The van der Waals surface area contributed by atoms with Crippen molar-refractivity contribution in [3.05, 3.63) is 63.1 Å². The van der Waals surface area contributed by atoms with Gasteiger partial charge in [-0.15, -0.1) is 0 Å². The number of hydrogen-bond donors (Lipinski definition) is 5. The van der Waals surface area contributed by atoms with Crippen molar-refractivity contribution >= 4 is 33.8 Å². The molecule has 0 spiro atoms. The first kappa shape index (κ1) is 29.2. The minimum absolute atomic E-state index is 0.0554. The Morgan fingerprint density at radius 1 is 1.30 bits per heavy atom. The summed E-state index contributed by atoms with van der Waals surface area (Å²) in [4.78, 5) is 44.4. The number of likely N-dealkylation sites (tertiary alicyclic amines) is 1. The number of hydrogen-bond acceptors (Lipinski definition) is 9. The monoisotopic (exact) mass is 576 g/mol. The van der Waals surface area contributed by atoms with Gasteiger partial charge in [-0.05, 0) is 25.0 Å². The van der Waals surface area contributed by atoms with E-state index >= 15 is 0 Å². The van der Waals surface area contributed by atoms with Crippen molar-refractivity contribution in [2.45, 2.75) is 44.8 Å². The zero-order valence-corrected chi connectivity index (χ0v) is 22.8. The molecule has 2 fully saturated rings. The fraction of sp³-hybridized carbons (Fsp3) is 0.423. The molecule has 11 nitrogen and oxygen atoms in total. The first-order valence-electron chi connectivity index (χ1n) is 12.8. The topological polar surface area (TPSA) is 173 Å². The molecule has 2 aliphatic heterocycles. The van der Waals surface area contributed by atoms with E-state index in [1.165, 1.54) is 6.07 Å². The molecular weight excluding hydrogens is 546 g/mol. The smallest absolute Gasteiger partial charge is 0.409 e. The van der Waals surface area contributed by atoms with Crippen molar-refractivity contribution in [3.8, 4) is 5.75 Å². The van der Waals surface area contributed by atoms with Gasteiger partial charge in [0.15, 0.2) is 11.4 Å². The van der Waals surface area contributed by atoms with Crippen LogP contribution >= 0.6 is 11.8 Å². The fourth-order valence-electron chi connectivity index (χ4n) is 4.85. The van der Waals surface area contributed by atoms with Crippen LogP contribution in [0.2, 0.25) is 0 Å². The van der Waals surface area contributed by atoms with Gasteiger partial charge in [-0.25, -0.2) is 13.6 Å². The van der Waals surface area contributed by atoms with E-state index < -0.39 is 40.5 Å². The third-order valence-electron chi connectivity index (χ3n) is 6.89. The van der Waals surface area contributed by atoms with Crippen LogP contribution in [0.1, 0.15) is 48.3 Å². The third kappa shape index (κ3) is 5.72. The second-order valence-electron chi connectivity index (χ2n) is 9.49. The Morgan fingerprint density at radius 3 is 2.70 bits per heavy atom. The molecule has 14 heteroatoms. The lowest BCUT2D eigenvalue weighted by Crippen LogP contribution is -2.53. The molecule has 5 N–H and O–H groups in total. The van der Waals surface area contributed by atoms with Crippen LogP contribution in [0.3, 0.4) is 0 Å². The lowest BCUT2D eigenvalue weighted by Gasteiger charge is -2.36. The summed E-state index contributed by atoms with van der Waals surface area (Å²) in [5, 5.41) is 29.8. The van der Waals surface area contributed by atoms with E-state index in [9.17, 15) is 28.3 Å². The van der Waals surface area contributed by atoms with E-state index in [2.05, 4.69) is 10.3 Å². The molecular formula is C26H30F2N6O5S. The number of amides is 2. The molecule has 0 saturated carbocycles. The maximum absolute atomic E-state index is 13.9. The Bertz CT molecular complexity index is 1420. The fourth-order valence-corrected chi connectivity index (χ4v) is 5.58. The Balaban J connectivity index is 1.48. The molecule has 0 bridgehead atoms. The summed E-state index contributed by atoms with van der Waals surface area (Å²) in [6.07, 6.45) is 1.51. The van der Waals surface area contributed by atoms with Crippen molar-refractivity contribution in [1.29, 1.82) is 10.8 Å². The quantitative estimate of drug-likeness (QED) is 0.182. The van der Waals surface area contributed by atoms with E-state index in [0.717, 1.165) is 12.3 Å². The lowest BCUT2D eigenvalue weighted by molar-refractivity contribution is 0.0518. The van der Waals surface area contributed by atoms with Gasteiger partial charge in [-0.3, -0.25) is 25.7 Å². The van der Waals surface area contributed by atoms with Gasteiger partial charge in [0, 0.05) is 44.7 Å². The molecule has 2 aliphatic rings. The number of fused-ring (bicyclic) bond motifs is 1. The summed E-state index contributed by atoms with van der Waals surface area (Å²) in [5.41, 5.74) is -2.25. The zero-order chi connectivity index (χ0) is 29.2. The largest absolute Gasteiger partial charge is 0.503 e. The second kappa shape index (κ2) is 11.8. The summed E-state index contributed by atoms with van der Waals surface area (Å²) < 4.78 is 32.1. The van der Waals surface area contributed by atoms with Crippen LogP contribution in [-0.4, -0.2) is 79.9 Å². The van der Waals surface area contributed by atoms with Gasteiger partial charge < -0.3 is 24.6 Å². The van der Waals surface area contributed by atoms with Crippen molar-refractivity contribution in [2.24, 2.45) is 0 Å². The number of nitrogens with one attached hydrogen (secondary N) is 4. The first-order chi connectivity index (χ1) is 19.0. The highest BCUT2D eigenvalue weighted by atomic mass is 32.2. The van der Waals surface area contributed by atoms with Crippen LogP contribution in [0.5, 0.6) is 5.75 Å². The van der Waals surface area contributed by atoms with Crippen LogP contribution in [0.4, 0.5) is 13.6 Å².